The number of aryl methyl sites for hydroxylation is 1. The van der Waals surface area contributed by atoms with E-state index in [0.29, 0.717) is 12.2 Å². The SMILES string of the molecule is CCOC(=O)c1ccc2nc(-c3cn(C)c4ccccc34)[nH]c2c1. The Morgan fingerprint density at radius 2 is 2.08 bits per heavy atom. The van der Waals surface area contributed by atoms with Gasteiger partial charge in [0.05, 0.1) is 23.2 Å². The summed E-state index contributed by atoms with van der Waals surface area (Å²) in [5.41, 5.74) is 4.37. The molecule has 4 aromatic rings. The molecular formula is C19H17N3O2. The Labute approximate surface area is 138 Å². The Hall–Kier alpha value is -3.08. The number of carbonyl (C=O) groups excluding carboxylic acids is 1. The molecule has 5 heteroatoms. The number of aromatic amines is 1. The molecule has 0 aliphatic rings. The molecule has 24 heavy (non-hydrogen) atoms. The minimum Gasteiger partial charge on any atom is -0.462 e. The molecule has 0 spiro atoms. The quantitative estimate of drug-likeness (QED) is 0.583. The van der Waals surface area contributed by atoms with E-state index in [-0.39, 0.29) is 5.97 Å². The van der Waals surface area contributed by atoms with Gasteiger partial charge in [0.25, 0.3) is 0 Å². The smallest absolute Gasteiger partial charge is 0.338 e. The van der Waals surface area contributed by atoms with Crippen LogP contribution in [0.25, 0.3) is 33.3 Å². The summed E-state index contributed by atoms with van der Waals surface area (Å²) >= 11 is 0. The van der Waals surface area contributed by atoms with Gasteiger partial charge in [-0.3, -0.25) is 0 Å². The van der Waals surface area contributed by atoms with Gasteiger partial charge in [-0.2, -0.15) is 0 Å². The molecule has 120 valence electrons. The zero-order chi connectivity index (χ0) is 16.7. The number of carbonyl (C=O) groups is 1. The monoisotopic (exact) mass is 319 g/mol. The maximum atomic E-state index is 11.9. The first-order valence-corrected chi connectivity index (χ1v) is 7.88. The number of nitrogens with zero attached hydrogens (tertiary/aromatic N) is 2. The molecule has 0 unspecified atom stereocenters. The van der Waals surface area contributed by atoms with Crippen molar-refractivity contribution in [2.24, 2.45) is 7.05 Å². The molecule has 0 amide bonds. The van der Waals surface area contributed by atoms with E-state index in [1.165, 1.54) is 0 Å². The third kappa shape index (κ3) is 2.25. The molecule has 0 saturated heterocycles. The normalized spacial score (nSPS) is 11.2. The summed E-state index contributed by atoms with van der Waals surface area (Å²) in [6.45, 7) is 2.16. The van der Waals surface area contributed by atoms with Crippen LogP contribution in [0.3, 0.4) is 0 Å². The van der Waals surface area contributed by atoms with Gasteiger partial charge in [0.1, 0.15) is 5.82 Å². The number of imidazole rings is 1. The topological polar surface area (TPSA) is 59.9 Å². The fourth-order valence-electron chi connectivity index (χ4n) is 3.01. The van der Waals surface area contributed by atoms with E-state index in [0.717, 1.165) is 33.3 Å². The molecule has 0 bridgehead atoms. The average molecular weight is 319 g/mol. The van der Waals surface area contributed by atoms with E-state index in [1.807, 2.05) is 25.2 Å². The van der Waals surface area contributed by atoms with Crippen molar-refractivity contribution in [3.05, 3.63) is 54.2 Å². The fraction of sp³-hybridized carbons (Fsp3) is 0.158. The highest BCUT2D eigenvalue weighted by atomic mass is 16.5. The van der Waals surface area contributed by atoms with E-state index in [4.69, 9.17) is 4.74 Å². The molecule has 0 aliphatic carbocycles. The highest BCUT2D eigenvalue weighted by molar-refractivity contribution is 5.97. The summed E-state index contributed by atoms with van der Waals surface area (Å²) in [6.07, 6.45) is 2.06. The Morgan fingerprint density at radius 1 is 1.25 bits per heavy atom. The van der Waals surface area contributed by atoms with Gasteiger partial charge < -0.3 is 14.3 Å². The van der Waals surface area contributed by atoms with Crippen molar-refractivity contribution < 1.29 is 9.53 Å². The predicted molar refractivity (Wildman–Crippen MR) is 94.0 cm³/mol. The zero-order valence-corrected chi connectivity index (χ0v) is 13.5. The first-order chi connectivity index (χ1) is 11.7. The lowest BCUT2D eigenvalue weighted by molar-refractivity contribution is 0.0526. The van der Waals surface area contributed by atoms with Crippen LogP contribution < -0.4 is 0 Å². The lowest BCUT2D eigenvalue weighted by Gasteiger charge is -2.00. The number of fused-ring (bicyclic) bond motifs is 2. The van der Waals surface area contributed by atoms with Crippen molar-refractivity contribution in [3.63, 3.8) is 0 Å². The van der Waals surface area contributed by atoms with Crippen LogP contribution in [-0.2, 0) is 11.8 Å². The van der Waals surface area contributed by atoms with Crippen LogP contribution in [0.5, 0.6) is 0 Å². The molecule has 1 N–H and O–H groups in total. The van der Waals surface area contributed by atoms with Gasteiger partial charge in [-0.15, -0.1) is 0 Å². The molecule has 0 saturated carbocycles. The van der Waals surface area contributed by atoms with Crippen LogP contribution in [-0.4, -0.2) is 27.1 Å². The number of para-hydroxylation sites is 1. The summed E-state index contributed by atoms with van der Waals surface area (Å²) in [7, 11) is 2.02. The molecule has 2 aromatic carbocycles. The Morgan fingerprint density at radius 3 is 2.92 bits per heavy atom. The minimum absolute atomic E-state index is 0.319. The van der Waals surface area contributed by atoms with Crippen molar-refractivity contribution in [1.29, 1.82) is 0 Å². The number of aromatic nitrogens is 3. The Bertz CT molecular complexity index is 1060. The van der Waals surface area contributed by atoms with Crippen LogP contribution >= 0.6 is 0 Å². The fourth-order valence-corrected chi connectivity index (χ4v) is 3.01. The lowest BCUT2D eigenvalue weighted by Crippen LogP contribution is -2.04. The van der Waals surface area contributed by atoms with Crippen LogP contribution in [0.1, 0.15) is 17.3 Å². The molecule has 0 aliphatic heterocycles. The number of benzene rings is 2. The molecule has 0 radical (unpaired) electrons. The van der Waals surface area contributed by atoms with Crippen LogP contribution in [0.4, 0.5) is 0 Å². The number of H-pyrrole nitrogens is 1. The van der Waals surface area contributed by atoms with Crippen molar-refractivity contribution in [2.45, 2.75) is 6.92 Å². The summed E-state index contributed by atoms with van der Waals surface area (Å²) < 4.78 is 7.14. The summed E-state index contributed by atoms with van der Waals surface area (Å²) in [4.78, 5) is 19.9. The average Bonchev–Trinajstić information content (AvgIpc) is 3.16. The van der Waals surface area contributed by atoms with E-state index in [2.05, 4.69) is 32.9 Å². The molecule has 5 nitrogen and oxygen atoms in total. The summed E-state index contributed by atoms with van der Waals surface area (Å²) in [6, 6.07) is 13.6. The molecular weight excluding hydrogens is 302 g/mol. The number of rotatable bonds is 3. The second-order valence-corrected chi connectivity index (χ2v) is 5.71. The number of ether oxygens (including phenoxy) is 1. The molecule has 4 rings (SSSR count). The number of nitrogens with one attached hydrogen (secondary N) is 1. The third-order valence-electron chi connectivity index (χ3n) is 4.15. The molecule has 0 fully saturated rings. The first kappa shape index (κ1) is 14.5. The molecule has 0 atom stereocenters. The summed E-state index contributed by atoms with van der Waals surface area (Å²) in [5, 5.41) is 1.14. The largest absolute Gasteiger partial charge is 0.462 e. The van der Waals surface area contributed by atoms with E-state index in [1.54, 1.807) is 19.1 Å². The lowest BCUT2D eigenvalue weighted by atomic mass is 10.2. The number of esters is 1. The highest BCUT2D eigenvalue weighted by Crippen LogP contribution is 2.29. The second kappa shape index (κ2) is 5.53. The van der Waals surface area contributed by atoms with Gasteiger partial charge in [0.2, 0.25) is 0 Å². The molecule has 2 aromatic heterocycles. The van der Waals surface area contributed by atoms with Crippen molar-refractivity contribution in [1.82, 2.24) is 14.5 Å². The van der Waals surface area contributed by atoms with Crippen molar-refractivity contribution >= 4 is 27.9 Å². The standard InChI is InChI=1S/C19H17N3O2/c1-3-24-19(23)12-8-9-15-16(10-12)21-18(20-15)14-11-22(2)17-7-5-4-6-13(14)17/h4-11H,3H2,1-2H3,(H,20,21). The highest BCUT2D eigenvalue weighted by Gasteiger charge is 2.14. The minimum atomic E-state index is -0.319. The Balaban J connectivity index is 1.84. The van der Waals surface area contributed by atoms with Gasteiger partial charge in [0.15, 0.2) is 0 Å². The van der Waals surface area contributed by atoms with Crippen LogP contribution in [0, 0.1) is 0 Å². The van der Waals surface area contributed by atoms with Crippen molar-refractivity contribution in [2.75, 3.05) is 6.61 Å². The maximum Gasteiger partial charge on any atom is 0.338 e. The summed E-state index contributed by atoms with van der Waals surface area (Å²) in [5.74, 6) is 0.475. The maximum absolute atomic E-state index is 11.9. The van der Waals surface area contributed by atoms with Crippen LogP contribution in [0.15, 0.2) is 48.7 Å². The van der Waals surface area contributed by atoms with E-state index in [9.17, 15) is 4.79 Å². The van der Waals surface area contributed by atoms with E-state index < -0.39 is 0 Å². The van der Waals surface area contributed by atoms with Crippen molar-refractivity contribution in [3.8, 4) is 11.4 Å². The number of hydrogen-bond acceptors (Lipinski definition) is 3. The van der Waals surface area contributed by atoms with Gasteiger partial charge >= 0.3 is 5.97 Å². The van der Waals surface area contributed by atoms with Crippen LogP contribution in [0.2, 0.25) is 0 Å². The molecule has 2 heterocycles. The van der Waals surface area contributed by atoms with Gasteiger partial charge in [-0.25, -0.2) is 9.78 Å². The zero-order valence-electron chi connectivity index (χ0n) is 13.5. The van der Waals surface area contributed by atoms with E-state index >= 15 is 0 Å². The van der Waals surface area contributed by atoms with Gasteiger partial charge in [-0.1, -0.05) is 18.2 Å². The van der Waals surface area contributed by atoms with Gasteiger partial charge in [0, 0.05) is 29.7 Å². The first-order valence-electron chi connectivity index (χ1n) is 7.88. The Kier molecular flexibility index (Phi) is 3.34. The van der Waals surface area contributed by atoms with Gasteiger partial charge in [-0.05, 0) is 31.2 Å². The predicted octanol–water partition coefficient (Wildman–Crippen LogP) is 3.90. The number of hydrogen-bond donors (Lipinski definition) is 1. The second-order valence-electron chi connectivity index (χ2n) is 5.71. The third-order valence-corrected chi connectivity index (χ3v) is 4.15.